The van der Waals surface area contributed by atoms with Crippen LogP contribution in [0.1, 0.15) is 58.8 Å². The fourth-order valence-corrected chi connectivity index (χ4v) is 2.72. The lowest BCUT2D eigenvalue weighted by atomic mass is 10.1. The Kier molecular flexibility index (Phi) is 7.95. The number of ether oxygens (including phenoxy) is 2. The SMILES string of the molecule is CCCCCCC(=O)Oc1cc2ccc(OCCCC)c(F)c2c(F)c1F. The van der Waals surface area contributed by atoms with E-state index in [4.69, 9.17) is 9.47 Å². The lowest BCUT2D eigenvalue weighted by Crippen LogP contribution is -2.10. The maximum atomic E-state index is 14.5. The Morgan fingerprint density at radius 2 is 1.63 bits per heavy atom. The van der Waals surface area contributed by atoms with E-state index in [0.717, 1.165) is 38.2 Å². The van der Waals surface area contributed by atoms with Gasteiger partial charge in [0, 0.05) is 6.42 Å². The molecule has 0 amide bonds. The number of hydrogen-bond donors (Lipinski definition) is 0. The van der Waals surface area contributed by atoms with Crippen LogP contribution in [0.25, 0.3) is 10.8 Å². The summed E-state index contributed by atoms with van der Waals surface area (Å²) >= 11 is 0. The van der Waals surface area contributed by atoms with Crippen molar-refractivity contribution in [2.24, 2.45) is 0 Å². The summed E-state index contributed by atoms with van der Waals surface area (Å²) in [6.45, 7) is 4.30. The number of hydrogen-bond acceptors (Lipinski definition) is 3. The van der Waals surface area contributed by atoms with E-state index in [9.17, 15) is 18.0 Å². The van der Waals surface area contributed by atoms with Crippen molar-refractivity contribution in [3.63, 3.8) is 0 Å². The molecule has 0 fully saturated rings. The minimum atomic E-state index is -1.39. The van der Waals surface area contributed by atoms with Gasteiger partial charge in [0.25, 0.3) is 0 Å². The predicted octanol–water partition coefficient (Wildman–Crippen LogP) is 6.31. The summed E-state index contributed by atoms with van der Waals surface area (Å²) in [5.41, 5.74) is 0. The lowest BCUT2D eigenvalue weighted by molar-refractivity contribution is -0.134. The van der Waals surface area contributed by atoms with Gasteiger partial charge in [-0.05, 0) is 30.4 Å². The van der Waals surface area contributed by atoms with Crippen LogP contribution in [0.15, 0.2) is 18.2 Å². The van der Waals surface area contributed by atoms with Crippen LogP contribution in [-0.4, -0.2) is 12.6 Å². The molecule has 0 saturated heterocycles. The number of fused-ring (bicyclic) bond motifs is 1. The third kappa shape index (κ3) is 5.37. The van der Waals surface area contributed by atoms with E-state index < -0.39 is 34.6 Å². The first-order valence-electron chi connectivity index (χ1n) is 9.43. The number of rotatable bonds is 10. The summed E-state index contributed by atoms with van der Waals surface area (Å²) in [5, 5.41) is -0.410. The quantitative estimate of drug-likeness (QED) is 0.274. The molecule has 0 N–H and O–H groups in total. The van der Waals surface area contributed by atoms with Crippen LogP contribution in [0.5, 0.6) is 11.5 Å². The van der Waals surface area contributed by atoms with Gasteiger partial charge in [-0.2, -0.15) is 4.39 Å². The van der Waals surface area contributed by atoms with Gasteiger partial charge in [0.2, 0.25) is 5.82 Å². The molecular formula is C21H25F3O3. The van der Waals surface area contributed by atoms with Crippen LogP contribution in [-0.2, 0) is 4.79 Å². The van der Waals surface area contributed by atoms with E-state index in [2.05, 4.69) is 0 Å². The van der Waals surface area contributed by atoms with Crippen LogP contribution in [0, 0.1) is 17.5 Å². The van der Waals surface area contributed by atoms with Crippen molar-refractivity contribution in [1.29, 1.82) is 0 Å². The maximum absolute atomic E-state index is 14.5. The van der Waals surface area contributed by atoms with E-state index in [1.807, 2.05) is 13.8 Å². The van der Waals surface area contributed by atoms with E-state index in [1.54, 1.807) is 0 Å². The van der Waals surface area contributed by atoms with Gasteiger partial charge in [-0.1, -0.05) is 45.6 Å². The molecule has 0 unspecified atom stereocenters. The van der Waals surface area contributed by atoms with Crippen molar-refractivity contribution in [1.82, 2.24) is 0 Å². The molecule has 0 spiro atoms. The third-order valence-electron chi connectivity index (χ3n) is 4.27. The highest BCUT2D eigenvalue weighted by molar-refractivity contribution is 5.87. The van der Waals surface area contributed by atoms with Gasteiger partial charge in [-0.25, -0.2) is 8.78 Å². The highest BCUT2D eigenvalue weighted by Crippen LogP contribution is 2.34. The largest absolute Gasteiger partial charge is 0.490 e. The van der Waals surface area contributed by atoms with Crippen molar-refractivity contribution >= 4 is 16.7 Å². The van der Waals surface area contributed by atoms with Gasteiger partial charge < -0.3 is 9.47 Å². The number of esters is 1. The molecule has 0 heterocycles. The van der Waals surface area contributed by atoms with Crippen LogP contribution in [0.2, 0.25) is 0 Å². The molecule has 2 rings (SSSR count). The minimum Gasteiger partial charge on any atom is -0.490 e. The molecule has 2 aromatic rings. The number of halogens is 3. The molecule has 2 aromatic carbocycles. The number of benzene rings is 2. The Morgan fingerprint density at radius 1 is 0.889 bits per heavy atom. The second-order valence-corrected chi connectivity index (χ2v) is 6.47. The predicted molar refractivity (Wildman–Crippen MR) is 98.6 cm³/mol. The van der Waals surface area contributed by atoms with E-state index in [-0.39, 0.29) is 24.2 Å². The van der Waals surface area contributed by atoms with Crippen LogP contribution < -0.4 is 9.47 Å². The van der Waals surface area contributed by atoms with Crippen molar-refractivity contribution in [2.45, 2.75) is 58.8 Å². The Labute approximate surface area is 157 Å². The zero-order valence-electron chi connectivity index (χ0n) is 15.7. The summed E-state index contributed by atoms with van der Waals surface area (Å²) in [6.07, 6.45) is 5.22. The third-order valence-corrected chi connectivity index (χ3v) is 4.27. The normalized spacial score (nSPS) is 11.0. The molecular weight excluding hydrogens is 357 g/mol. The molecule has 0 atom stereocenters. The first-order valence-corrected chi connectivity index (χ1v) is 9.43. The highest BCUT2D eigenvalue weighted by atomic mass is 19.2. The Morgan fingerprint density at radius 3 is 2.33 bits per heavy atom. The van der Waals surface area contributed by atoms with Gasteiger partial charge in [0.05, 0.1) is 12.0 Å². The first kappa shape index (κ1) is 21.1. The molecule has 0 aliphatic rings. The average Bonchev–Trinajstić information content (AvgIpc) is 2.65. The molecule has 0 aliphatic carbocycles. The highest BCUT2D eigenvalue weighted by Gasteiger charge is 2.21. The van der Waals surface area contributed by atoms with E-state index >= 15 is 0 Å². The number of carbonyl (C=O) groups excluding carboxylic acids is 1. The molecule has 0 aromatic heterocycles. The van der Waals surface area contributed by atoms with Gasteiger partial charge in [-0.15, -0.1) is 0 Å². The lowest BCUT2D eigenvalue weighted by Gasteiger charge is -2.12. The van der Waals surface area contributed by atoms with E-state index in [0.29, 0.717) is 6.42 Å². The monoisotopic (exact) mass is 382 g/mol. The zero-order chi connectivity index (χ0) is 19.8. The fourth-order valence-electron chi connectivity index (χ4n) is 2.72. The second kappa shape index (κ2) is 10.2. The van der Waals surface area contributed by atoms with Gasteiger partial charge in [0.15, 0.2) is 23.1 Å². The molecule has 0 bridgehead atoms. The Hall–Kier alpha value is -2.24. The topological polar surface area (TPSA) is 35.5 Å². The van der Waals surface area contributed by atoms with Crippen LogP contribution in [0.4, 0.5) is 13.2 Å². The van der Waals surface area contributed by atoms with Gasteiger partial charge >= 0.3 is 5.97 Å². The molecule has 3 nitrogen and oxygen atoms in total. The van der Waals surface area contributed by atoms with Crippen LogP contribution in [0.3, 0.4) is 0 Å². The van der Waals surface area contributed by atoms with Crippen molar-refractivity contribution in [2.75, 3.05) is 6.61 Å². The first-order chi connectivity index (χ1) is 13.0. The molecule has 6 heteroatoms. The minimum absolute atomic E-state index is 0.100. The van der Waals surface area contributed by atoms with Crippen molar-refractivity contribution < 1.29 is 27.4 Å². The molecule has 0 saturated carbocycles. The average molecular weight is 382 g/mol. The summed E-state index contributed by atoms with van der Waals surface area (Å²) in [7, 11) is 0. The second-order valence-electron chi connectivity index (χ2n) is 6.47. The summed E-state index contributed by atoms with van der Waals surface area (Å²) in [4.78, 5) is 11.8. The Balaban J connectivity index is 2.22. The molecule has 0 radical (unpaired) electrons. The van der Waals surface area contributed by atoms with Crippen molar-refractivity contribution in [3.8, 4) is 11.5 Å². The number of carbonyl (C=O) groups is 1. The molecule has 27 heavy (non-hydrogen) atoms. The van der Waals surface area contributed by atoms with Gasteiger partial charge in [0.1, 0.15) is 0 Å². The summed E-state index contributed by atoms with van der Waals surface area (Å²) in [6, 6.07) is 3.92. The molecule has 0 aliphatic heterocycles. The maximum Gasteiger partial charge on any atom is 0.311 e. The summed E-state index contributed by atoms with van der Waals surface area (Å²) < 4.78 is 53.5. The van der Waals surface area contributed by atoms with Crippen LogP contribution >= 0.6 is 0 Å². The smallest absolute Gasteiger partial charge is 0.311 e. The molecule has 148 valence electrons. The van der Waals surface area contributed by atoms with Gasteiger partial charge in [-0.3, -0.25) is 4.79 Å². The Bertz CT molecular complexity index is 790. The summed E-state index contributed by atoms with van der Waals surface area (Å²) in [5.74, 6) is -5.02. The number of unbranched alkanes of at least 4 members (excludes halogenated alkanes) is 4. The van der Waals surface area contributed by atoms with E-state index in [1.165, 1.54) is 12.1 Å². The van der Waals surface area contributed by atoms with Crippen molar-refractivity contribution in [3.05, 3.63) is 35.7 Å². The fraction of sp³-hybridized carbons (Fsp3) is 0.476. The zero-order valence-corrected chi connectivity index (χ0v) is 15.7. The standard InChI is InChI=1S/C21H25F3O3/c1-3-5-7-8-9-17(25)27-16-13-14-10-11-15(26-12-6-4-2)19(22)18(14)21(24)20(16)23/h10-11,13H,3-9,12H2,1-2H3.